The van der Waals surface area contributed by atoms with Crippen LogP contribution in [0.25, 0.3) is 0 Å². The number of halogens is 2. The zero-order valence-electron chi connectivity index (χ0n) is 41.1. The van der Waals surface area contributed by atoms with Crippen LogP contribution in [-0.2, 0) is 41.6 Å². The van der Waals surface area contributed by atoms with Crippen molar-refractivity contribution in [3.05, 3.63) is 178 Å². The third kappa shape index (κ3) is 20.7. The summed E-state index contributed by atoms with van der Waals surface area (Å²) in [6.07, 6.45) is 0. The van der Waals surface area contributed by atoms with Crippen LogP contribution in [0.15, 0.2) is 192 Å². The van der Waals surface area contributed by atoms with Gasteiger partial charge in [-0.15, -0.1) is 16.6 Å². The van der Waals surface area contributed by atoms with E-state index in [4.69, 9.17) is 23.2 Å². The standard InChI is InChI=1S/2C23H19ClN4O7S.Co.4Na/c2*1-13(29)21(22(31)25-18-9-5-3-7-16(18)24)27-26-19-12-14(10-11-20(19)30)36(34,35)28-17-8-4-2-6-15(17)23(32)33;;;;;/h2*2-12,28-30H,1H3,(H,25,31)(H,32,33);;;;;/q;;+2;4*+1/p-6/b2*21-13-,27-26?;;;;;. The van der Waals surface area contributed by atoms with Gasteiger partial charge in [0.15, 0.2) is 0 Å². The van der Waals surface area contributed by atoms with Gasteiger partial charge in [-0.2, -0.15) is 15.3 Å². The second-order valence-electron chi connectivity index (χ2n) is 14.2. The van der Waals surface area contributed by atoms with E-state index in [2.05, 4.69) is 40.2 Å². The number of aliphatic imine (C=N–C) groups is 1. The average Bonchev–Trinajstić information content (AvgIpc) is 3.31. The Labute approximate surface area is 549 Å². The maximum absolute atomic E-state index is 12.8. The molecule has 0 aliphatic heterocycles. The number of nitrogens with one attached hydrogen (secondary N) is 3. The smallest absolute Gasteiger partial charge is 0.874 e. The Morgan fingerprint density at radius 1 is 0.532 bits per heavy atom. The maximum Gasteiger partial charge on any atom is 2.00 e. The first kappa shape index (κ1) is 72.7. The molecule has 0 unspecified atom stereocenters. The Hall–Kier alpha value is -4.33. The minimum Gasteiger partial charge on any atom is -0.874 e. The van der Waals surface area contributed by atoms with Crippen molar-refractivity contribution < 1.29 is 202 Å². The molecule has 0 saturated heterocycles. The number of amides is 1. The quantitative estimate of drug-likeness (QED) is 0.0175. The summed E-state index contributed by atoms with van der Waals surface area (Å²) in [7, 11) is -8.73. The number of sulfonamides is 2. The topological polar surface area (TPSA) is 376 Å². The number of carbonyl (C=O) groups is 3. The molecule has 1 amide bonds. The molecular formula is C46H32Cl2CoN8Na4O14S2. The number of hydrogen-bond donors (Lipinski definition) is 4. The van der Waals surface area contributed by atoms with E-state index in [0.717, 1.165) is 56.3 Å². The predicted molar refractivity (Wildman–Crippen MR) is 251 cm³/mol. The molecule has 0 atom stereocenters. The summed E-state index contributed by atoms with van der Waals surface area (Å²) in [4.78, 5) is 38.0. The number of anilines is 3. The minimum absolute atomic E-state index is 0. The molecule has 22 nitrogen and oxygen atoms in total. The number of carboxylic acids is 2. The minimum atomic E-state index is -4.38. The number of nitrogens with zero attached hydrogens (tertiary/aromatic N) is 5. The summed E-state index contributed by atoms with van der Waals surface area (Å²) in [5, 5.41) is 98.4. The van der Waals surface area contributed by atoms with Gasteiger partial charge >= 0.3 is 141 Å². The average molecular weight is 1210 g/mol. The molecule has 6 aromatic rings. The fraction of sp³-hybridized carbons (Fsp3) is 0.0435. The number of carboxylic acid groups (broad SMARTS) is 2. The second kappa shape index (κ2) is 33.3. The summed E-state index contributed by atoms with van der Waals surface area (Å²) in [6, 6.07) is 28.4. The number of azo groups is 2. The van der Waals surface area contributed by atoms with Crippen molar-refractivity contribution in [3.8, 4) is 11.5 Å². The third-order valence-electron chi connectivity index (χ3n) is 9.07. The van der Waals surface area contributed by atoms with E-state index in [1.165, 1.54) is 66.7 Å². The van der Waals surface area contributed by atoms with E-state index >= 15 is 0 Å². The van der Waals surface area contributed by atoms with Crippen LogP contribution in [0.2, 0.25) is 10.0 Å². The van der Waals surface area contributed by atoms with Gasteiger partial charge in [-0.25, -0.2) is 21.6 Å². The summed E-state index contributed by atoms with van der Waals surface area (Å²) in [6.45, 7) is 2.09. The van der Waals surface area contributed by atoms with Gasteiger partial charge in [0.25, 0.3) is 26.0 Å². The second-order valence-corrected chi connectivity index (χ2v) is 18.3. The molecule has 1 radical (unpaired) electrons. The van der Waals surface area contributed by atoms with Gasteiger partial charge < -0.3 is 45.9 Å². The Morgan fingerprint density at radius 3 is 1.38 bits per heavy atom. The first-order valence-corrected chi connectivity index (χ1v) is 23.7. The van der Waals surface area contributed by atoms with Crippen molar-refractivity contribution in [3.63, 3.8) is 0 Å². The molecule has 0 spiro atoms. The molecule has 4 N–H and O–H groups in total. The van der Waals surface area contributed by atoms with Crippen LogP contribution in [0.5, 0.6) is 11.5 Å². The molecule has 77 heavy (non-hydrogen) atoms. The van der Waals surface area contributed by atoms with Gasteiger partial charge in [-0.05, 0) is 66.7 Å². The summed E-state index contributed by atoms with van der Waals surface area (Å²) >= 11 is 11.9. The maximum atomic E-state index is 12.8. The molecule has 0 heterocycles. The van der Waals surface area contributed by atoms with Crippen LogP contribution in [0, 0.1) is 0 Å². The molecule has 0 aliphatic rings. The molecule has 31 heteroatoms. The van der Waals surface area contributed by atoms with Crippen molar-refractivity contribution >= 4 is 101 Å². The van der Waals surface area contributed by atoms with Gasteiger partial charge in [0.05, 0.1) is 71.2 Å². The largest absolute Gasteiger partial charge is 2.00 e. The summed E-state index contributed by atoms with van der Waals surface area (Å²) in [5.74, 6) is -8.04. The summed E-state index contributed by atoms with van der Waals surface area (Å²) < 4.78 is 55.5. The number of allylic oxidation sites excluding steroid dienone is 2. The van der Waals surface area contributed by atoms with Crippen molar-refractivity contribution in [2.45, 2.75) is 23.6 Å². The van der Waals surface area contributed by atoms with Crippen LogP contribution in [0.4, 0.5) is 34.1 Å². The number of benzene rings is 6. The van der Waals surface area contributed by atoms with Crippen molar-refractivity contribution in [2.75, 3.05) is 14.8 Å². The third-order valence-corrected chi connectivity index (χ3v) is 12.4. The monoisotopic (exact) mass is 1200 g/mol. The zero-order chi connectivity index (χ0) is 52.9. The number of rotatable bonds is 16. The van der Waals surface area contributed by atoms with Crippen LogP contribution < -0.4 is 164 Å². The van der Waals surface area contributed by atoms with Crippen molar-refractivity contribution in [2.24, 2.45) is 25.4 Å². The van der Waals surface area contributed by atoms with E-state index in [-0.39, 0.29) is 173 Å². The van der Waals surface area contributed by atoms with Crippen LogP contribution >= 0.6 is 23.2 Å². The van der Waals surface area contributed by atoms with E-state index in [0.29, 0.717) is 0 Å². The number of aromatic carboxylic acids is 2. The van der Waals surface area contributed by atoms with Crippen molar-refractivity contribution in [1.82, 2.24) is 0 Å². The SMILES string of the molecule is C/C([O-])=C(/N=Nc1cc(S(=O)(=O)Nc2ccccc2C(=O)O)ccc1[O-])C(=O)Nc1ccccc1Cl.C/C([O-])=C(/N=Nc1cc(S(=O)(=O)Nc2ccccc2C(=O)[O-])ccc1[O-])C([O-])=Nc1ccccc1Cl.[Co+2].[Na+].[Na+].[Na+].[Na+]. The molecule has 6 rings (SSSR count). The molecule has 0 bridgehead atoms. The zero-order valence-corrected chi connectivity index (χ0v) is 53.3. The van der Waals surface area contributed by atoms with Crippen molar-refractivity contribution in [1.29, 1.82) is 0 Å². The first-order valence-electron chi connectivity index (χ1n) is 19.9. The number of para-hydroxylation sites is 4. The van der Waals surface area contributed by atoms with E-state index in [9.17, 15) is 67.0 Å². The Morgan fingerprint density at radius 2 is 0.935 bits per heavy atom. The normalized spacial score (nSPS) is 11.7. The van der Waals surface area contributed by atoms with E-state index < -0.39 is 105 Å². The van der Waals surface area contributed by atoms with Gasteiger partial charge in [0, 0.05) is 11.5 Å². The number of hydrogen-bond acceptors (Lipinski definition) is 18. The van der Waals surface area contributed by atoms with Crippen LogP contribution in [0.3, 0.4) is 0 Å². The van der Waals surface area contributed by atoms with Gasteiger partial charge in [-0.1, -0.05) is 115 Å². The van der Waals surface area contributed by atoms with E-state index in [1.807, 2.05) is 0 Å². The van der Waals surface area contributed by atoms with Gasteiger partial charge in [0.2, 0.25) is 0 Å². The molecule has 0 aromatic heterocycles. The molecule has 0 aliphatic carbocycles. The van der Waals surface area contributed by atoms with Crippen LogP contribution in [-0.4, -0.2) is 45.7 Å². The molecule has 0 saturated carbocycles. The van der Waals surface area contributed by atoms with Gasteiger partial charge in [0.1, 0.15) is 5.70 Å². The molecule has 6 aromatic carbocycles. The fourth-order valence-electron chi connectivity index (χ4n) is 5.60. The first-order chi connectivity index (χ1) is 34.0. The Balaban J connectivity index is 0.00000141. The molecular weight excluding hydrogens is 1170 g/mol. The summed E-state index contributed by atoms with van der Waals surface area (Å²) in [5.41, 5.74) is -3.20. The molecule has 379 valence electrons. The molecule has 0 fully saturated rings. The fourth-order valence-corrected chi connectivity index (χ4v) is 8.16. The van der Waals surface area contributed by atoms with Gasteiger partial charge in [-0.3, -0.25) is 19.2 Å². The Bertz CT molecular complexity index is 3500. The Kier molecular flexibility index (Phi) is 31.4. The van der Waals surface area contributed by atoms with E-state index in [1.54, 1.807) is 24.3 Å². The predicted octanol–water partition coefficient (Wildman–Crippen LogP) is -7.42. The van der Waals surface area contributed by atoms with Crippen LogP contribution in [0.1, 0.15) is 34.6 Å². The number of carbonyl (C=O) groups excluding carboxylic acids is 2.